The van der Waals surface area contributed by atoms with Gasteiger partial charge in [-0.2, -0.15) is 13.2 Å². The molecule has 0 aromatic heterocycles. The summed E-state index contributed by atoms with van der Waals surface area (Å²) in [5, 5.41) is 5.08. The van der Waals surface area contributed by atoms with E-state index in [-0.39, 0.29) is 36.5 Å². The van der Waals surface area contributed by atoms with Gasteiger partial charge in [-0.1, -0.05) is 46.4 Å². The summed E-state index contributed by atoms with van der Waals surface area (Å²) >= 11 is 23.1. The van der Waals surface area contributed by atoms with Crippen LogP contribution in [0.25, 0.3) is 0 Å². The number of hydrogen-bond donors (Lipinski definition) is 3. The third kappa shape index (κ3) is 7.36. The third-order valence-corrected chi connectivity index (χ3v) is 4.65. The Morgan fingerprint density at radius 3 is 1.76 bits per heavy atom. The van der Waals surface area contributed by atoms with Crippen LogP contribution in [0.3, 0.4) is 0 Å². The fourth-order valence-electron chi connectivity index (χ4n) is 1.96. The van der Waals surface area contributed by atoms with Crippen molar-refractivity contribution in [3.63, 3.8) is 0 Å². The van der Waals surface area contributed by atoms with Crippen LogP contribution >= 0.6 is 46.4 Å². The van der Waals surface area contributed by atoms with Crippen molar-refractivity contribution in [2.75, 3.05) is 17.2 Å². The second kappa shape index (κ2) is 9.62. The zero-order valence-corrected chi connectivity index (χ0v) is 17.1. The molecule has 0 unspecified atom stereocenters. The molecule has 0 saturated heterocycles. The molecule has 0 fully saturated rings. The van der Waals surface area contributed by atoms with E-state index in [4.69, 9.17) is 46.4 Å². The van der Waals surface area contributed by atoms with E-state index in [2.05, 4.69) is 10.6 Å². The second-order valence-electron chi connectivity index (χ2n) is 5.46. The first-order valence-corrected chi connectivity index (χ1v) is 9.09. The molecule has 4 amide bonds. The first-order chi connectivity index (χ1) is 13.4. The summed E-state index contributed by atoms with van der Waals surface area (Å²) < 4.78 is 38.5. The van der Waals surface area contributed by atoms with E-state index in [9.17, 15) is 22.8 Å². The Morgan fingerprint density at radius 1 is 0.828 bits per heavy atom. The standard InChI is InChI=1S/C16H11Cl4F3N4O2/c17-10-3-1-8(5-12(10)19)24-14(28)26-27(7-16(21,22)23)15(29)25-9-2-4-11(18)13(20)6-9/h1-6H,7H2,(H,25,29)(H2,24,26,28). The number of benzene rings is 2. The zero-order chi connectivity index (χ0) is 21.8. The molecule has 2 aromatic carbocycles. The number of nitrogens with zero attached hydrogens (tertiary/aromatic N) is 1. The lowest BCUT2D eigenvalue weighted by Gasteiger charge is -2.25. The summed E-state index contributed by atoms with van der Waals surface area (Å²) in [4.78, 5) is 24.3. The van der Waals surface area contributed by atoms with Crippen molar-refractivity contribution >= 4 is 69.8 Å². The molecule has 6 nitrogen and oxygen atoms in total. The largest absolute Gasteiger partial charge is 0.408 e. The Hall–Kier alpha value is -2.07. The van der Waals surface area contributed by atoms with Crippen LogP contribution in [0.1, 0.15) is 0 Å². The molecular formula is C16H11Cl4F3N4O2. The van der Waals surface area contributed by atoms with E-state index in [1.165, 1.54) is 36.4 Å². The van der Waals surface area contributed by atoms with Crippen molar-refractivity contribution in [2.45, 2.75) is 6.18 Å². The monoisotopic (exact) mass is 488 g/mol. The third-order valence-electron chi connectivity index (χ3n) is 3.17. The Morgan fingerprint density at radius 2 is 1.31 bits per heavy atom. The first kappa shape index (κ1) is 23.2. The number of hydrazine groups is 1. The number of anilines is 2. The van der Waals surface area contributed by atoms with Crippen molar-refractivity contribution in [3.8, 4) is 0 Å². The van der Waals surface area contributed by atoms with Crippen molar-refractivity contribution < 1.29 is 22.8 Å². The summed E-state index contributed by atoms with van der Waals surface area (Å²) in [7, 11) is 0. The molecule has 13 heteroatoms. The van der Waals surface area contributed by atoms with Crippen molar-refractivity contribution in [2.24, 2.45) is 0 Å². The lowest BCUT2D eigenvalue weighted by molar-refractivity contribution is -0.142. The molecule has 29 heavy (non-hydrogen) atoms. The lowest BCUT2D eigenvalue weighted by atomic mass is 10.3. The number of nitrogens with one attached hydrogen (secondary N) is 3. The number of halogens is 7. The van der Waals surface area contributed by atoms with E-state index in [1.54, 1.807) is 0 Å². The highest BCUT2D eigenvalue weighted by Gasteiger charge is 2.34. The smallest absolute Gasteiger partial charge is 0.307 e. The summed E-state index contributed by atoms with van der Waals surface area (Å²) in [6, 6.07) is 5.58. The van der Waals surface area contributed by atoms with E-state index in [1.807, 2.05) is 5.43 Å². The normalized spacial score (nSPS) is 11.0. The average molecular weight is 490 g/mol. The van der Waals surface area contributed by atoms with E-state index < -0.39 is 24.8 Å². The van der Waals surface area contributed by atoms with Gasteiger partial charge in [-0.25, -0.2) is 20.0 Å². The summed E-state index contributed by atoms with van der Waals surface area (Å²) in [5.74, 6) is 0. The van der Waals surface area contributed by atoms with E-state index in [0.717, 1.165) is 0 Å². The molecule has 156 valence electrons. The zero-order valence-electron chi connectivity index (χ0n) is 14.1. The highest BCUT2D eigenvalue weighted by atomic mass is 35.5. The van der Waals surface area contributed by atoms with Crippen LogP contribution in [0, 0.1) is 0 Å². The number of urea groups is 2. The van der Waals surface area contributed by atoms with Crippen molar-refractivity contribution in [1.29, 1.82) is 0 Å². The SMILES string of the molecule is O=C(Nc1ccc(Cl)c(Cl)c1)NN(CC(F)(F)F)C(=O)Nc1ccc(Cl)c(Cl)c1. The number of carbonyl (C=O) groups excluding carboxylic acids is 2. The molecule has 2 rings (SSSR count). The molecule has 0 atom stereocenters. The molecule has 0 aliphatic carbocycles. The minimum absolute atomic E-state index is 0.0510. The molecule has 0 bridgehead atoms. The highest BCUT2D eigenvalue weighted by Crippen LogP contribution is 2.26. The molecule has 3 N–H and O–H groups in total. The van der Waals surface area contributed by atoms with Gasteiger partial charge in [0.15, 0.2) is 0 Å². The van der Waals surface area contributed by atoms with Crippen LogP contribution in [-0.4, -0.2) is 29.8 Å². The summed E-state index contributed by atoms with van der Waals surface area (Å²) in [5.41, 5.74) is 2.04. The van der Waals surface area contributed by atoms with Gasteiger partial charge < -0.3 is 10.6 Å². The van der Waals surface area contributed by atoms with Crippen LogP contribution in [-0.2, 0) is 0 Å². The summed E-state index contributed by atoms with van der Waals surface area (Å²) in [6.45, 7) is -1.76. The van der Waals surface area contributed by atoms with E-state index >= 15 is 0 Å². The predicted molar refractivity (Wildman–Crippen MR) is 107 cm³/mol. The van der Waals surface area contributed by atoms with Gasteiger partial charge in [0.2, 0.25) is 0 Å². The van der Waals surface area contributed by atoms with Gasteiger partial charge in [0.1, 0.15) is 6.54 Å². The molecule has 0 heterocycles. The van der Waals surface area contributed by atoms with Crippen LogP contribution in [0.2, 0.25) is 20.1 Å². The Balaban J connectivity index is 2.11. The molecule has 0 spiro atoms. The average Bonchev–Trinajstić information content (AvgIpc) is 2.59. The minimum Gasteiger partial charge on any atom is -0.307 e. The van der Waals surface area contributed by atoms with Gasteiger partial charge in [-0.3, -0.25) is 0 Å². The molecule has 0 radical (unpaired) electrons. The van der Waals surface area contributed by atoms with Crippen LogP contribution in [0.15, 0.2) is 36.4 Å². The topological polar surface area (TPSA) is 73.5 Å². The summed E-state index contributed by atoms with van der Waals surface area (Å²) in [6.07, 6.45) is -4.79. The molecule has 0 saturated carbocycles. The van der Waals surface area contributed by atoms with Gasteiger partial charge in [-0.05, 0) is 36.4 Å². The Bertz CT molecular complexity index is 928. The number of alkyl halides is 3. The van der Waals surface area contributed by atoms with Crippen molar-refractivity contribution in [1.82, 2.24) is 10.4 Å². The van der Waals surface area contributed by atoms with Crippen LogP contribution < -0.4 is 16.1 Å². The highest BCUT2D eigenvalue weighted by molar-refractivity contribution is 6.42. The molecule has 2 aromatic rings. The Kier molecular flexibility index (Phi) is 7.70. The number of rotatable bonds is 3. The maximum absolute atomic E-state index is 12.8. The minimum atomic E-state index is -4.79. The van der Waals surface area contributed by atoms with Crippen LogP contribution in [0.4, 0.5) is 34.1 Å². The van der Waals surface area contributed by atoms with Gasteiger partial charge in [0.25, 0.3) is 0 Å². The first-order valence-electron chi connectivity index (χ1n) is 7.57. The second-order valence-corrected chi connectivity index (χ2v) is 7.08. The maximum Gasteiger partial charge on any atom is 0.408 e. The van der Waals surface area contributed by atoms with E-state index in [0.29, 0.717) is 0 Å². The Labute approximate surface area is 182 Å². The quantitative estimate of drug-likeness (QED) is 0.434. The van der Waals surface area contributed by atoms with Gasteiger partial charge in [0.05, 0.1) is 20.1 Å². The predicted octanol–water partition coefficient (Wildman–Crippen LogP) is 6.43. The fourth-order valence-corrected chi connectivity index (χ4v) is 2.56. The number of carbonyl (C=O) groups is 2. The molecule has 0 aliphatic heterocycles. The van der Waals surface area contributed by atoms with Gasteiger partial charge >= 0.3 is 18.2 Å². The molecular weight excluding hydrogens is 479 g/mol. The lowest BCUT2D eigenvalue weighted by Crippen LogP contribution is -2.53. The number of amides is 4. The fraction of sp³-hybridized carbons (Fsp3) is 0.125. The van der Waals surface area contributed by atoms with Gasteiger partial charge in [0, 0.05) is 11.4 Å². The van der Waals surface area contributed by atoms with Gasteiger partial charge in [-0.15, -0.1) is 0 Å². The number of hydrogen-bond acceptors (Lipinski definition) is 2. The van der Waals surface area contributed by atoms with Crippen molar-refractivity contribution in [3.05, 3.63) is 56.5 Å². The maximum atomic E-state index is 12.8. The molecule has 0 aliphatic rings. The van der Waals surface area contributed by atoms with Crippen LogP contribution in [0.5, 0.6) is 0 Å².